The second kappa shape index (κ2) is 5.15. The van der Waals surface area contributed by atoms with Gasteiger partial charge in [0.25, 0.3) is 0 Å². The molecule has 86 valence electrons. The molecule has 0 aliphatic heterocycles. The average molecular weight is 299 g/mol. The summed E-state index contributed by atoms with van der Waals surface area (Å²) in [6.07, 6.45) is 5.12. The van der Waals surface area contributed by atoms with E-state index in [1.165, 1.54) is 25.7 Å². The van der Waals surface area contributed by atoms with E-state index in [1.807, 2.05) is 18.2 Å². The third-order valence-corrected chi connectivity index (χ3v) is 3.68. The molecule has 1 aliphatic rings. The van der Waals surface area contributed by atoms with Crippen LogP contribution in [0.25, 0.3) is 0 Å². The molecule has 1 fully saturated rings. The van der Waals surface area contributed by atoms with Crippen molar-refractivity contribution in [3.05, 3.63) is 28.2 Å². The largest absolute Gasteiger partial charge is 0.389 e. The quantitative estimate of drug-likeness (QED) is 0.840. The minimum Gasteiger partial charge on any atom is -0.389 e. The zero-order chi connectivity index (χ0) is 11.5. The van der Waals surface area contributed by atoms with Crippen molar-refractivity contribution in [1.29, 1.82) is 0 Å². The fourth-order valence-corrected chi connectivity index (χ4v) is 2.67. The van der Waals surface area contributed by atoms with Gasteiger partial charge in [-0.15, -0.1) is 0 Å². The van der Waals surface area contributed by atoms with Crippen molar-refractivity contribution in [2.75, 3.05) is 5.32 Å². The Hall–Kier alpha value is -0.610. The molecular formula is C12H15BrN2S. The van der Waals surface area contributed by atoms with Crippen LogP contribution in [0.5, 0.6) is 0 Å². The molecule has 0 spiro atoms. The summed E-state index contributed by atoms with van der Waals surface area (Å²) in [7, 11) is 0. The van der Waals surface area contributed by atoms with Crippen LogP contribution in [0.3, 0.4) is 0 Å². The van der Waals surface area contributed by atoms with E-state index >= 15 is 0 Å². The van der Waals surface area contributed by atoms with E-state index in [2.05, 4.69) is 21.2 Å². The SMILES string of the molecule is NC(=S)c1cc(Br)ccc1NC1CCCC1. The van der Waals surface area contributed by atoms with Gasteiger partial charge in [0, 0.05) is 21.8 Å². The number of benzene rings is 1. The summed E-state index contributed by atoms with van der Waals surface area (Å²) in [5.41, 5.74) is 7.71. The van der Waals surface area contributed by atoms with Gasteiger partial charge in [-0.1, -0.05) is 41.0 Å². The lowest BCUT2D eigenvalue weighted by Crippen LogP contribution is -2.19. The van der Waals surface area contributed by atoms with E-state index < -0.39 is 0 Å². The van der Waals surface area contributed by atoms with Crippen molar-refractivity contribution in [3.8, 4) is 0 Å². The Morgan fingerprint density at radius 3 is 2.69 bits per heavy atom. The predicted octanol–water partition coefficient (Wildman–Crippen LogP) is 3.44. The Labute approximate surface area is 110 Å². The summed E-state index contributed by atoms with van der Waals surface area (Å²) >= 11 is 8.50. The van der Waals surface area contributed by atoms with Crippen molar-refractivity contribution < 1.29 is 0 Å². The molecule has 0 atom stereocenters. The molecular weight excluding hydrogens is 284 g/mol. The van der Waals surface area contributed by atoms with Gasteiger partial charge in [-0.2, -0.15) is 0 Å². The number of hydrogen-bond donors (Lipinski definition) is 2. The minimum absolute atomic E-state index is 0.446. The molecule has 1 aromatic rings. The lowest BCUT2D eigenvalue weighted by molar-refractivity contribution is 0.755. The van der Waals surface area contributed by atoms with Gasteiger partial charge in [0.05, 0.1) is 0 Å². The monoisotopic (exact) mass is 298 g/mol. The molecule has 4 heteroatoms. The maximum absolute atomic E-state index is 5.73. The highest BCUT2D eigenvalue weighted by atomic mass is 79.9. The van der Waals surface area contributed by atoms with Gasteiger partial charge in [0.2, 0.25) is 0 Å². The van der Waals surface area contributed by atoms with Gasteiger partial charge < -0.3 is 11.1 Å². The molecule has 0 heterocycles. The van der Waals surface area contributed by atoms with Crippen molar-refractivity contribution in [2.45, 2.75) is 31.7 Å². The number of nitrogens with one attached hydrogen (secondary N) is 1. The molecule has 1 aromatic carbocycles. The molecule has 3 N–H and O–H groups in total. The number of anilines is 1. The summed E-state index contributed by atoms with van der Waals surface area (Å²) in [5.74, 6) is 0. The summed E-state index contributed by atoms with van der Waals surface area (Å²) in [6, 6.07) is 6.60. The Bertz CT molecular complexity index is 400. The molecule has 1 saturated carbocycles. The van der Waals surface area contributed by atoms with Gasteiger partial charge in [-0.25, -0.2) is 0 Å². The first-order valence-electron chi connectivity index (χ1n) is 5.52. The minimum atomic E-state index is 0.446. The second-order valence-electron chi connectivity index (χ2n) is 4.18. The van der Waals surface area contributed by atoms with E-state index in [0.29, 0.717) is 11.0 Å². The molecule has 0 radical (unpaired) electrons. The second-order valence-corrected chi connectivity index (χ2v) is 5.54. The van der Waals surface area contributed by atoms with Crippen LogP contribution in [0.4, 0.5) is 5.69 Å². The van der Waals surface area contributed by atoms with Crippen LogP contribution in [-0.4, -0.2) is 11.0 Å². The number of halogens is 1. The summed E-state index contributed by atoms with van der Waals surface area (Å²) in [4.78, 5) is 0.446. The molecule has 0 amide bonds. The maximum Gasteiger partial charge on any atom is 0.106 e. The Balaban J connectivity index is 2.21. The van der Waals surface area contributed by atoms with Gasteiger partial charge in [-0.3, -0.25) is 0 Å². The first kappa shape index (κ1) is 11.9. The van der Waals surface area contributed by atoms with Crippen LogP contribution in [0.2, 0.25) is 0 Å². The van der Waals surface area contributed by atoms with Crippen molar-refractivity contribution in [1.82, 2.24) is 0 Å². The predicted molar refractivity (Wildman–Crippen MR) is 75.9 cm³/mol. The normalized spacial score (nSPS) is 16.3. The maximum atomic E-state index is 5.73. The van der Waals surface area contributed by atoms with Crippen molar-refractivity contribution >= 4 is 38.8 Å². The first-order chi connectivity index (χ1) is 7.66. The molecule has 1 aliphatic carbocycles. The Morgan fingerprint density at radius 1 is 1.38 bits per heavy atom. The van der Waals surface area contributed by atoms with Crippen LogP contribution in [-0.2, 0) is 0 Å². The zero-order valence-corrected chi connectivity index (χ0v) is 11.4. The summed E-state index contributed by atoms with van der Waals surface area (Å²) in [5, 5.41) is 3.53. The first-order valence-corrected chi connectivity index (χ1v) is 6.73. The smallest absolute Gasteiger partial charge is 0.106 e. The molecule has 0 aromatic heterocycles. The molecule has 2 nitrogen and oxygen atoms in total. The summed E-state index contributed by atoms with van der Waals surface area (Å²) in [6.45, 7) is 0. The van der Waals surface area contributed by atoms with E-state index in [9.17, 15) is 0 Å². The summed E-state index contributed by atoms with van der Waals surface area (Å²) < 4.78 is 1.01. The van der Waals surface area contributed by atoms with Crippen LogP contribution in [0, 0.1) is 0 Å². The van der Waals surface area contributed by atoms with Crippen LogP contribution < -0.4 is 11.1 Å². The standard InChI is InChI=1S/C12H15BrN2S/c13-8-5-6-11(10(7-8)12(14)16)15-9-3-1-2-4-9/h5-7,9,15H,1-4H2,(H2,14,16). The molecule has 2 rings (SSSR count). The van der Waals surface area contributed by atoms with Gasteiger partial charge in [0.15, 0.2) is 0 Å². The van der Waals surface area contributed by atoms with E-state index in [0.717, 1.165) is 15.7 Å². The topological polar surface area (TPSA) is 38.0 Å². The van der Waals surface area contributed by atoms with E-state index in [-0.39, 0.29) is 0 Å². The molecule has 16 heavy (non-hydrogen) atoms. The fraction of sp³-hybridized carbons (Fsp3) is 0.417. The highest BCUT2D eigenvalue weighted by Crippen LogP contribution is 2.26. The third-order valence-electron chi connectivity index (χ3n) is 2.96. The van der Waals surface area contributed by atoms with E-state index in [4.69, 9.17) is 18.0 Å². The number of rotatable bonds is 3. The third kappa shape index (κ3) is 2.74. The van der Waals surface area contributed by atoms with Crippen LogP contribution >= 0.6 is 28.1 Å². The highest BCUT2D eigenvalue weighted by molar-refractivity contribution is 9.10. The van der Waals surface area contributed by atoms with Gasteiger partial charge in [-0.05, 0) is 31.0 Å². The fourth-order valence-electron chi connectivity index (χ4n) is 2.14. The number of thiocarbonyl (C=S) groups is 1. The highest BCUT2D eigenvalue weighted by Gasteiger charge is 2.16. The Kier molecular flexibility index (Phi) is 3.82. The molecule has 0 bridgehead atoms. The van der Waals surface area contributed by atoms with Gasteiger partial charge in [0.1, 0.15) is 4.99 Å². The number of nitrogens with two attached hydrogens (primary N) is 1. The van der Waals surface area contributed by atoms with Crippen molar-refractivity contribution in [3.63, 3.8) is 0 Å². The number of hydrogen-bond acceptors (Lipinski definition) is 2. The molecule has 0 unspecified atom stereocenters. The van der Waals surface area contributed by atoms with Gasteiger partial charge >= 0.3 is 0 Å². The van der Waals surface area contributed by atoms with Crippen LogP contribution in [0.1, 0.15) is 31.2 Å². The average Bonchev–Trinajstić information content (AvgIpc) is 2.73. The van der Waals surface area contributed by atoms with Crippen LogP contribution in [0.15, 0.2) is 22.7 Å². The lowest BCUT2D eigenvalue weighted by Gasteiger charge is -2.16. The Morgan fingerprint density at radius 2 is 2.06 bits per heavy atom. The zero-order valence-electron chi connectivity index (χ0n) is 9.00. The van der Waals surface area contributed by atoms with E-state index in [1.54, 1.807) is 0 Å². The van der Waals surface area contributed by atoms with Crippen molar-refractivity contribution in [2.24, 2.45) is 5.73 Å². The lowest BCUT2D eigenvalue weighted by atomic mass is 10.1. The molecule has 0 saturated heterocycles.